The first-order valence-corrected chi connectivity index (χ1v) is 7.93. The van der Waals surface area contributed by atoms with Crippen LogP contribution in [0.25, 0.3) is 0 Å². The van der Waals surface area contributed by atoms with Crippen LogP contribution in [0.3, 0.4) is 0 Å². The summed E-state index contributed by atoms with van der Waals surface area (Å²) in [6.07, 6.45) is 14.8. The van der Waals surface area contributed by atoms with Crippen LogP contribution in [-0.2, 0) is 4.79 Å². The second-order valence-electron chi connectivity index (χ2n) is 5.30. The maximum Gasteiger partial charge on any atom is 0.132 e. The Morgan fingerprint density at radius 3 is 1.67 bits per heavy atom. The Bertz CT molecular complexity index is 178. The van der Waals surface area contributed by atoms with E-state index in [0.29, 0.717) is 12.2 Å². The zero-order valence-electron chi connectivity index (χ0n) is 12.3. The zero-order chi connectivity index (χ0) is 13.5. The average Bonchev–Trinajstić information content (AvgIpc) is 2.37. The fraction of sp³-hybridized carbons (Fsp3) is 0.938. The number of Topliss-reactive ketones (excluding diaryl/α,β-unsaturated/α-hetero) is 1. The molecule has 0 radical (unpaired) electrons. The third kappa shape index (κ3) is 13.7. The molecule has 0 bridgehead atoms. The largest absolute Gasteiger partial charge is 0.396 e. The predicted molar refractivity (Wildman–Crippen MR) is 77.8 cm³/mol. The van der Waals surface area contributed by atoms with Gasteiger partial charge in [0.25, 0.3) is 0 Å². The van der Waals surface area contributed by atoms with E-state index in [1.807, 2.05) is 0 Å². The van der Waals surface area contributed by atoms with Gasteiger partial charge in [-0.15, -0.1) is 0 Å². The first kappa shape index (κ1) is 17.6. The summed E-state index contributed by atoms with van der Waals surface area (Å²) in [7, 11) is 0. The number of hydrogen-bond donors (Lipinski definition) is 1. The van der Waals surface area contributed by atoms with Crippen molar-refractivity contribution in [3.63, 3.8) is 0 Å². The molecule has 0 atom stereocenters. The first-order chi connectivity index (χ1) is 8.81. The predicted octanol–water partition coefficient (Wildman–Crippen LogP) is 4.64. The third-order valence-corrected chi connectivity index (χ3v) is 3.42. The summed E-state index contributed by atoms with van der Waals surface area (Å²) in [4.78, 5) is 11.4. The number of unbranched alkanes of at least 4 members (excludes halogenated alkanes) is 9. The number of carbonyl (C=O) groups excluding carboxylic acids is 1. The van der Waals surface area contributed by atoms with Gasteiger partial charge in [-0.05, 0) is 19.3 Å². The Balaban J connectivity index is 3.08. The van der Waals surface area contributed by atoms with Crippen molar-refractivity contribution in [3.8, 4) is 0 Å². The smallest absolute Gasteiger partial charge is 0.132 e. The monoisotopic (exact) mass is 256 g/mol. The highest BCUT2D eigenvalue weighted by molar-refractivity contribution is 5.78. The maximum absolute atomic E-state index is 11.4. The van der Waals surface area contributed by atoms with Crippen LogP contribution in [0.1, 0.15) is 90.4 Å². The quantitative estimate of drug-likeness (QED) is 0.460. The molecule has 0 aromatic rings. The lowest BCUT2D eigenvalue weighted by Gasteiger charge is -2.02. The number of aliphatic hydroxyl groups excluding tert-OH is 1. The van der Waals surface area contributed by atoms with E-state index in [2.05, 4.69) is 6.92 Å². The molecule has 1 N–H and O–H groups in total. The van der Waals surface area contributed by atoms with Gasteiger partial charge in [0, 0.05) is 19.4 Å². The highest BCUT2D eigenvalue weighted by Gasteiger charge is 2.01. The second kappa shape index (κ2) is 14.7. The van der Waals surface area contributed by atoms with Crippen LogP contribution < -0.4 is 0 Å². The van der Waals surface area contributed by atoms with Gasteiger partial charge in [-0.1, -0.05) is 58.3 Å². The van der Waals surface area contributed by atoms with Crippen molar-refractivity contribution < 1.29 is 9.90 Å². The van der Waals surface area contributed by atoms with Crippen LogP contribution in [0.2, 0.25) is 0 Å². The third-order valence-electron chi connectivity index (χ3n) is 3.42. The molecule has 18 heavy (non-hydrogen) atoms. The summed E-state index contributed by atoms with van der Waals surface area (Å²) in [6.45, 7) is 2.46. The minimum atomic E-state index is 0.214. The van der Waals surface area contributed by atoms with Crippen molar-refractivity contribution in [1.82, 2.24) is 0 Å². The van der Waals surface area contributed by atoms with E-state index in [4.69, 9.17) is 5.11 Å². The van der Waals surface area contributed by atoms with E-state index in [9.17, 15) is 4.79 Å². The van der Waals surface area contributed by atoms with Crippen LogP contribution >= 0.6 is 0 Å². The number of carbonyl (C=O) groups is 1. The fourth-order valence-electron chi connectivity index (χ4n) is 2.19. The molecule has 0 aromatic carbocycles. The van der Waals surface area contributed by atoms with Crippen LogP contribution in [0, 0.1) is 0 Å². The van der Waals surface area contributed by atoms with Gasteiger partial charge >= 0.3 is 0 Å². The van der Waals surface area contributed by atoms with E-state index in [-0.39, 0.29) is 6.61 Å². The lowest BCUT2D eigenvalue weighted by atomic mass is 10.0. The van der Waals surface area contributed by atoms with E-state index >= 15 is 0 Å². The average molecular weight is 256 g/mol. The molecule has 108 valence electrons. The molecule has 2 nitrogen and oxygen atoms in total. The Labute approximate surface area is 113 Å². The Hall–Kier alpha value is -0.370. The van der Waals surface area contributed by atoms with Crippen LogP contribution in [0.15, 0.2) is 0 Å². The molecule has 0 amide bonds. The van der Waals surface area contributed by atoms with Gasteiger partial charge in [-0.3, -0.25) is 4.79 Å². The van der Waals surface area contributed by atoms with Gasteiger partial charge in [-0.2, -0.15) is 0 Å². The van der Waals surface area contributed by atoms with Crippen molar-refractivity contribution in [2.45, 2.75) is 90.4 Å². The number of aliphatic hydroxyl groups is 1. The SMILES string of the molecule is CCCCCCCCCCCC(=O)CCCCO. The zero-order valence-corrected chi connectivity index (χ0v) is 12.3. The van der Waals surface area contributed by atoms with Crippen LogP contribution in [0.4, 0.5) is 0 Å². The summed E-state index contributed by atoms with van der Waals surface area (Å²) in [5, 5.41) is 8.62. The number of ketones is 1. The molecule has 0 spiro atoms. The van der Waals surface area contributed by atoms with Gasteiger partial charge in [0.15, 0.2) is 0 Å². The normalized spacial score (nSPS) is 10.8. The molecule has 0 saturated heterocycles. The molecular formula is C16H32O2. The van der Waals surface area contributed by atoms with Gasteiger partial charge < -0.3 is 5.11 Å². The highest BCUT2D eigenvalue weighted by Crippen LogP contribution is 2.11. The molecule has 2 heteroatoms. The molecule has 0 aliphatic carbocycles. The molecular weight excluding hydrogens is 224 g/mol. The van der Waals surface area contributed by atoms with Crippen molar-refractivity contribution in [2.24, 2.45) is 0 Å². The van der Waals surface area contributed by atoms with Crippen molar-refractivity contribution in [2.75, 3.05) is 6.61 Å². The van der Waals surface area contributed by atoms with Gasteiger partial charge in [0.05, 0.1) is 0 Å². The Morgan fingerprint density at radius 2 is 1.17 bits per heavy atom. The van der Waals surface area contributed by atoms with E-state index in [1.165, 1.54) is 51.4 Å². The lowest BCUT2D eigenvalue weighted by molar-refractivity contribution is -0.119. The Kier molecular flexibility index (Phi) is 14.4. The standard InChI is InChI=1S/C16H32O2/c1-2-3-4-5-6-7-8-9-10-13-16(18)14-11-12-15-17/h17H,2-15H2,1H3. The number of hydrogen-bond acceptors (Lipinski definition) is 2. The van der Waals surface area contributed by atoms with Crippen LogP contribution in [-0.4, -0.2) is 17.5 Å². The second-order valence-corrected chi connectivity index (χ2v) is 5.30. The van der Waals surface area contributed by atoms with Crippen molar-refractivity contribution in [1.29, 1.82) is 0 Å². The van der Waals surface area contributed by atoms with Crippen LogP contribution in [0.5, 0.6) is 0 Å². The topological polar surface area (TPSA) is 37.3 Å². The first-order valence-electron chi connectivity index (χ1n) is 7.93. The highest BCUT2D eigenvalue weighted by atomic mass is 16.2. The molecule has 0 heterocycles. The van der Waals surface area contributed by atoms with E-state index < -0.39 is 0 Å². The van der Waals surface area contributed by atoms with E-state index in [1.54, 1.807) is 0 Å². The molecule has 0 fully saturated rings. The summed E-state index contributed by atoms with van der Waals surface area (Å²) in [5.41, 5.74) is 0. The summed E-state index contributed by atoms with van der Waals surface area (Å²) < 4.78 is 0. The molecule has 0 aliphatic rings. The summed E-state index contributed by atoms with van der Waals surface area (Å²) in [6, 6.07) is 0. The van der Waals surface area contributed by atoms with Gasteiger partial charge in [0.1, 0.15) is 5.78 Å². The minimum absolute atomic E-state index is 0.214. The van der Waals surface area contributed by atoms with E-state index in [0.717, 1.165) is 25.7 Å². The molecule has 0 rings (SSSR count). The molecule has 0 aliphatic heterocycles. The van der Waals surface area contributed by atoms with Gasteiger partial charge in [0.2, 0.25) is 0 Å². The molecule has 0 aromatic heterocycles. The Morgan fingerprint density at radius 1 is 0.722 bits per heavy atom. The maximum atomic E-state index is 11.4. The van der Waals surface area contributed by atoms with Crippen molar-refractivity contribution >= 4 is 5.78 Å². The molecule has 0 unspecified atom stereocenters. The van der Waals surface area contributed by atoms with Crippen molar-refractivity contribution in [3.05, 3.63) is 0 Å². The summed E-state index contributed by atoms with van der Waals surface area (Å²) >= 11 is 0. The number of rotatable bonds is 14. The summed E-state index contributed by atoms with van der Waals surface area (Å²) in [5.74, 6) is 0.381. The molecule has 0 saturated carbocycles. The van der Waals surface area contributed by atoms with Gasteiger partial charge in [-0.25, -0.2) is 0 Å². The fourth-order valence-corrected chi connectivity index (χ4v) is 2.19. The lowest BCUT2D eigenvalue weighted by Crippen LogP contribution is -1.98. The minimum Gasteiger partial charge on any atom is -0.396 e.